The third kappa shape index (κ3) is 2.48. The summed E-state index contributed by atoms with van der Waals surface area (Å²) in [6, 6.07) is 5.12. The highest BCUT2D eigenvalue weighted by Gasteiger charge is 2.51. The third-order valence-electron chi connectivity index (χ3n) is 4.06. The number of hydrogen-bond donors (Lipinski definition) is 2. The predicted molar refractivity (Wildman–Crippen MR) is 72.9 cm³/mol. The molecule has 1 aromatic carbocycles. The zero-order chi connectivity index (χ0) is 13.6. The van der Waals surface area contributed by atoms with E-state index >= 15 is 0 Å². The molecule has 5 heteroatoms. The molecule has 1 heterocycles. The summed E-state index contributed by atoms with van der Waals surface area (Å²) in [5, 5.41) is 10.8. The second-order valence-corrected chi connectivity index (χ2v) is 6.10. The van der Waals surface area contributed by atoms with Crippen LogP contribution in [0.25, 0.3) is 0 Å². The smallest absolute Gasteiger partial charge is 0.248 e. The molecule has 3 rings (SSSR count). The van der Waals surface area contributed by atoms with Crippen molar-refractivity contribution in [1.29, 1.82) is 0 Å². The number of primary amides is 1. The third-order valence-corrected chi connectivity index (χ3v) is 4.42. The van der Waals surface area contributed by atoms with Crippen molar-refractivity contribution >= 4 is 17.5 Å². The van der Waals surface area contributed by atoms with Gasteiger partial charge in [-0.2, -0.15) is 0 Å². The summed E-state index contributed by atoms with van der Waals surface area (Å²) in [6.45, 7) is 2.13. The van der Waals surface area contributed by atoms with E-state index in [1.54, 1.807) is 12.1 Å². The second kappa shape index (κ2) is 4.47. The lowest BCUT2D eigenvalue weighted by atomic mass is 9.88. The van der Waals surface area contributed by atoms with Crippen LogP contribution in [0.2, 0.25) is 5.02 Å². The van der Waals surface area contributed by atoms with E-state index in [1.165, 1.54) is 0 Å². The van der Waals surface area contributed by atoms with Gasteiger partial charge in [0, 0.05) is 30.2 Å². The Hall–Kier alpha value is -1.10. The minimum absolute atomic E-state index is 0.423. The largest absolute Gasteiger partial charge is 0.387 e. The first-order chi connectivity index (χ1) is 8.98. The number of carbonyl (C=O) groups excluding carboxylic acids is 1. The molecule has 102 valence electrons. The Morgan fingerprint density at radius 2 is 2.16 bits per heavy atom. The predicted octanol–water partition coefficient (Wildman–Crippen LogP) is 1.40. The van der Waals surface area contributed by atoms with Crippen LogP contribution in [-0.4, -0.2) is 34.6 Å². The second-order valence-electron chi connectivity index (χ2n) is 5.69. The van der Waals surface area contributed by atoms with Gasteiger partial charge < -0.3 is 10.8 Å². The van der Waals surface area contributed by atoms with E-state index in [2.05, 4.69) is 4.90 Å². The monoisotopic (exact) mass is 280 g/mol. The number of carbonyl (C=O) groups is 1. The molecule has 0 bridgehead atoms. The van der Waals surface area contributed by atoms with Gasteiger partial charge in [0.05, 0.1) is 5.60 Å². The molecule has 1 aromatic rings. The molecule has 1 saturated carbocycles. The van der Waals surface area contributed by atoms with E-state index in [0.29, 0.717) is 36.1 Å². The molecule has 0 spiro atoms. The Morgan fingerprint density at radius 1 is 1.47 bits per heavy atom. The maximum atomic E-state index is 11.0. The van der Waals surface area contributed by atoms with Gasteiger partial charge in [-0.25, -0.2) is 0 Å². The summed E-state index contributed by atoms with van der Waals surface area (Å²) < 4.78 is 0. The minimum atomic E-state index is -0.473. The number of benzene rings is 1. The first kappa shape index (κ1) is 12.9. The average Bonchev–Trinajstić information content (AvgIpc) is 3.13. The molecule has 0 unspecified atom stereocenters. The molecule has 3 N–H and O–H groups in total. The number of rotatable bonds is 4. The standard InChI is InChI=1S/C14H17ClN2O2/c15-12-5-9(13(16)18)1-2-10(12)6-17-7-14(19,8-17)11-3-4-11/h1-2,5,11,19H,3-4,6-8H2,(H2,16,18). The number of nitrogens with two attached hydrogens (primary N) is 1. The Labute approximate surface area is 117 Å². The first-order valence-corrected chi connectivity index (χ1v) is 6.89. The van der Waals surface area contributed by atoms with Crippen molar-refractivity contribution in [3.63, 3.8) is 0 Å². The summed E-state index contributed by atoms with van der Waals surface area (Å²) in [5.74, 6) is 0.0250. The van der Waals surface area contributed by atoms with Crippen molar-refractivity contribution in [1.82, 2.24) is 4.90 Å². The average molecular weight is 281 g/mol. The number of aliphatic hydroxyl groups is 1. The van der Waals surface area contributed by atoms with Crippen LogP contribution in [0.5, 0.6) is 0 Å². The number of halogens is 1. The van der Waals surface area contributed by atoms with E-state index in [1.807, 2.05) is 6.07 Å². The molecular formula is C14H17ClN2O2. The van der Waals surface area contributed by atoms with Gasteiger partial charge >= 0.3 is 0 Å². The van der Waals surface area contributed by atoms with E-state index in [9.17, 15) is 9.90 Å². The van der Waals surface area contributed by atoms with E-state index in [4.69, 9.17) is 17.3 Å². The fourth-order valence-electron chi connectivity index (χ4n) is 2.79. The Bertz CT molecular complexity index is 522. The van der Waals surface area contributed by atoms with E-state index in [-0.39, 0.29) is 0 Å². The highest BCUT2D eigenvalue weighted by atomic mass is 35.5. The van der Waals surface area contributed by atoms with Crippen LogP contribution >= 0.6 is 11.6 Å². The SMILES string of the molecule is NC(=O)c1ccc(CN2CC(O)(C3CC3)C2)c(Cl)c1. The zero-order valence-electron chi connectivity index (χ0n) is 10.6. The van der Waals surface area contributed by atoms with Crippen LogP contribution in [0.4, 0.5) is 0 Å². The number of β-amino-alcohol motifs (C(OH)–C–C–N with tert-alkyl or cyclic N) is 1. The summed E-state index contributed by atoms with van der Waals surface area (Å²) in [4.78, 5) is 13.2. The number of likely N-dealkylation sites (tertiary alicyclic amines) is 1. The molecule has 0 aromatic heterocycles. The van der Waals surface area contributed by atoms with Crippen LogP contribution in [0.15, 0.2) is 18.2 Å². The number of nitrogens with zero attached hydrogens (tertiary/aromatic N) is 1. The maximum absolute atomic E-state index is 11.0. The van der Waals surface area contributed by atoms with Crippen molar-refractivity contribution in [2.24, 2.45) is 11.7 Å². The van der Waals surface area contributed by atoms with Crippen LogP contribution < -0.4 is 5.73 Å². The molecule has 1 saturated heterocycles. The van der Waals surface area contributed by atoms with Crippen molar-refractivity contribution in [3.05, 3.63) is 34.3 Å². The van der Waals surface area contributed by atoms with Crippen molar-refractivity contribution in [2.75, 3.05) is 13.1 Å². The van der Waals surface area contributed by atoms with Gasteiger partial charge in [-0.3, -0.25) is 9.69 Å². The number of hydrogen-bond acceptors (Lipinski definition) is 3. The molecule has 1 aliphatic heterocycles. The summed E-state index contributed by atoms with van der Waals surface area (Å²) in [7, 11) is 0. The van der Waals surface area contributed by atoms with Gasteiger partial charge in [-0.15, -0.1) is 0 Å². The Morgan fingerprint density at radius 3 is 2.68 bits per heavy atom. The quantitative estimate of drug-likeness (QED) is 0.876. The molecular weight excluding hydrogens is 264 g/mol. The molecule has 4 nitrogen and oxygen atoms in total. The molecule has 0 atom stereocenters. The van der Waals surface area contributed by atoms with Crippen molar-refractivity contribution in [3.8, 4) is 0 Å². The first-order valence-electron chi connectivity index (χ1n) is 6.51. The van der Waals surface area contributed by atoms with Crippen LogP contribution in [0, 0.1) is 5.92 Å². The van der Waals surface area contributed by atoms with Gasteiger partial charge in [0.15, 0.2) is 0 Å². The van der Waals surface area contributed by atoms with Crippen molar-refractivity contribution < 1.29 is 9.90 Å². The lowest BCUT2D eigenvalue weighted by Crippen LogP contribution is -2.62. The summed E-state index contributed by atoms with van der Waals surface area (Å²) in [6.07, 6.45) is 2.30. The molecule has 2 fully saturated rings. The molecule has 19 heavy (non-hydrogen) atoms. The fraction of sp³-hybridized carbons (Fsp3) is 0.500. The van der Waals surface area contributed by atoms with Gasteiger partial charge in [-0.05, 0) is 36.5 Å². The molecule has 0 radical (unpaired) electrons. The minimum Gasteiger partial charge on any atom is -0.387 e. The van der Waals surface area contributed by atoms with Crippen molar-refractivity contribution in [2.45, 2.75) is 25.0 Å². The molecule has 1 amide bonds. The highest BCUT2D eigenvalue weighted by Crippen LogP contribution is 2.44. The van der Waals surface area contributed by atoms with Gasteiger partial charge in [0.1, 0.15) is 0 Å². The molecule has 2 aliphatic rings. The van der Waals surface area contributed by atoms with Gasteiger partial charge in [0.25, 0.3) is 0 Å². The van der Waals surface area contributed by atoms with Gasteiger partial charge in [0.2, 0.25) is 5.91 Å². The van der Waals surface area contributed by atoms with Crippen LogP contribution in [-0.2, 0) is 6.54 Å². The summed E-state index contributed by atoms with van der Waals surface area (Å²) >= 11 is 6.15. The maximum Gasteiger partial charge on any atom is 0.248 e. The Balaban J connectivity index is 1.63. The lowest BCUT2D eigenvalue weighted by Gasteiger charge is -2.47. The zero-order valence-corrected chi connectivity index (χ0v) is 11.4. The van der Waals surface area contributed by atoms with E-state index < -0.39 is 11.5 Å². The van der Waals surface area contributed by atoms with Crippen LogP contribution in [0.1, 0.15) is 28.8 Å². The topological polar surface area (TPSA) is 66.6 Å². The molecule has 1 aliphatic carbocycles. The van der Waals surface area contributed by atoms with Crippen LogP contribution in [0.3, 0.4) is 0 Å². The number of amides is 1. The Kier molecular flexibility index (Phi) is 3.04. The van der Waals surface area contributed by atoms with Gasteiger partial charge in [-0.1, -0.05) is 17.7 Å². The normalized spacial score (nSPS) is 22.0. The van der Waals surface area contributed by atoms with E-state index in [0.717, 1.165) is 18.4 Å². The summed E-state index contributed by atoms with van der Waals surface area (Å²) in [5.41, 5.74) is 6.12. The fourth-order valence-corrected chi connectivity index (χ4v) is 3.03. The highest BCUT2D eigenvalue weighted by molar-refractivity contribution is 6.31. The lowest BCUT2D eigenvalue weighted by molar-refractivity contribution is -0.116.